The Labute approximate surface area is 129 Å². The lowest BCUT2D eigenvalue weighted by Crippen LogP contribution is -2.32. The van der Waals surface area contributed by atoms with Crippen LogP contribution >= 0.6 is 0 Å². The molecule has 0 bridgehead atoms. The lowest BCUT2D eigenvalue weighted by Gasteiger charge is -2.21. The molecule has 0 N–H and O–H groups in total. The summed E-state index contributed by atoms with van der Waals surface area (Å²) in [7, 11) is 2.08. The van der Waals surface area contributed by atoms with Crippen molar-refractivity contribution in [3.8, 4) is 0 Å². The van der Waals surface area contributed by atoms with Gasteiger partial charge in [-0.3, -0.25) is 4.90 Å². The van der Waals surface area contributed by atoms with Crippen molar-refractivity contribution in [2.75, 3.05) is 92.6 Å². The first-order valence-corrected chi connectivity index (χ1v) is 8.04. The SMILES string of the molecule is CCN1CCOCCOCCN(C)CCOCCOCC1. The third kappa shape index (κ3) is 11.0. The van der Waals surface area contributed by atoms with E-state index in [9.17, 15) is 0 Å². The Morgan fingerprint density at radius 1 is 0.619 bits per heavy atom. The highest BCUT2D eigenvalue weighted by atomic mass is 16.5. The van der Waals surface area contributed by atoms with E-state index in [0.29, 0.717) is 26.4 Å². The van der Waals surface area contributed by atoms with Gasteiger partial charge in [0.25, 0.3) is 0 Å². The van der Waals surface area contributed by atoms with E-state index in [-0.39, 0.29) is 0 Å². The minimum absolute atomic E-state index is 0.666. The summed E-state index contributed by atoms with van der Waals surface area (Å²) in [5.74, 6) is 0. The van der Waals surface area contributed by atoms with E-state index in [4.69, 9.17) is 18.9 Å². The molecule has 0 aliphatic carbocycles. The molecular weight excluding hydrogens is 272 g/mol. The van der Waals surface area contributed by atoms with E-state index in [1.807, 2.05) is 0 Å². The highest BCUT2D eigenvalue weighted by Gasteiger charge is 2.03. The first kappa shape index (κ1) is 18.8. The van der Waals surface area contributed by atoms with Crippen molar-refractivity contribution in [1.29, 1.82) is 0 Å². The van der Waals surface area contributed by atoms with Gasteiger partial charge in [-0.2, -0.15) is 0 Å². The molecule has 0 unspecified atom stereocenters. The third-order valence-corrected chi connectivity index (χ3v) is 3.53. The van der Waals surface area contributed by atoms with E-state index in [0.717, 1.165) is 59.2 Å². The van der Waals surface area contributed by atoms with Crippen LogP contribution in [-0.2, 0) is 18.9 Å². The molecule has 126 valence electrons. The summed E-state index contributed by atoms with van der Waals surface area (Å²) >= 11 is 0. The molecule has 6 heteroatoms. The third-order valence-electron chi connectivity index (χ3n) is 3.53. The zero-order valence-electron chi connectivity index (χ0n) is 13.7. The van der Waals surface area contributed by atoms with Crippen LogP contribution in [0.4, 0.5) is 0 Å². The van der Waals surface area contributed by atoms with Crippen molar-refractivity contribution < 1.29 is 18.9 Å². The highest BCUT2D eigenvalue weighted by molar-refractivity contribution is 4.54. The van der Waals surface area contributed by atoms with Crippen molar-refractivity contribution in [3.05, 3.63) is 0 Å². The molecule has 0 atom stereocenters. The van der Waals surface area contributed by atoms with Crippen LogP contribution in [0, 0.1) is 0 Å². The molecule has 0 aromatic carbocycles. The van der Waals surface area contributed by atoms with E-state index >= 15 is 0 Å². The van der Waals surface area contributed by atoms with E-state index < -0.39 is 0 Å². The molecule has 0 amide bonds. The molecule has 1 saturated heterocycles. The Balaban J connectivity index is 2.20. The fourth-order valence-electron chi connectivity index (χ4n) is 2.01. The van der Waals surface area contributed by atoms with Crippen LogP contribution in [0.2, 0.25) is 0 Å². The molecule has 1 heterocycles. The van der Waals surface area contributed by atoms with Gasteiger partial charge < -0.3 is 23.8 Å². The van der Waals surface area contributed by atoms with Crippen LogP contribution in [0.5, 0.6) is 0 Å². The van der Waals surface area contributed by atoms with Gasteiger partial charge >= 0.3 is 0 Å². The second kappa shape index (κ2) is 13.4. The topological polar surface area (TPSA) is 43.4 Å². The average Bonchev–Trinajstić information content (AvgIpc) is 2.49. The summed E-state index contributed by atoms with van der Waals surface area (Å²) in [5, 5.41) is 0. The zero-order valence-corrected chi connectivity index (χ0v) is 13.7. The van der Waals surface area contributed by atoms with Crippen LogP contribution in [0.25, 0.3) is 0 Å². The Bertz CT molecular complexity index is 212. The molecule has 0 spiro atoms. The van der Waals surface area contributed by atoms with Crippen LogP contribution < -0.4 is 0 Å². The maximum absolute atomic E-state index is 5.60. The van der Waals surface area contributed by atoms with Crippen molar-refractivity contribution in [1.82, 2.24) is 9.80 Å². The first-order valence-electron chi connectivity index (χ1n) is 8.04. The van der Waals surface area contributed by atoms with Gasteiger partial charge in [0, 0.05) is 26.2 Å². The number of nitrogens with zero attached hydrogens (tertiary/aromatic N) is 2. The lowest BCUT2D eigenvalue weighted by atomic mass is 10.4. The Morgan fingerprint density at radius 2 is 1.00 bits per heavy atom. The molecule has 0 aromatic heterocycles. The van der Waals surface area contributed by atoms with Crippen molar-refractivity contribution in [2.45, 2.75) is 6.92 Å². The summed E-state index contributed by atoms with van der Waals surface area (Å²) in [6.45, 7) is 12.6. The number of rotatable bonds is 1. The van der Waals surface area contributed by atoms with Gasteiger partial charge in [0.05, 0.1) is 52.9 Å². The number of hydrogen-bond acceptors (Lipinski definition) is 6. The molecule has 1 rings (SSSR count). The van der Waals surface area contributed by atoms with Gasteiger partial charge in [-0.25, -0.2) is 0 Å². The standard InChI is InChI=1S/C15H32N2O4/c1-3-17-6-10-20-14-12-18-8-4-16(2)5-9-19-13-15-21-11-7-17/h3-15H2,1-2H3. The van der Waals surface area contributed by atoms with Crippen molar-refractivity contribution in [2.24, 2.45) is 0 Å². The minimum atomic E-state index is 0.666. The summed E-state index contributed by atoms with van der Waals surface area (Å²) in [6, 6.07) is 0. The maximum Gasteiger partial charge on any atom is 0.0701 e. The van der Waals surface area contributed by atoms with Crippen LogP contribution in [0.15, 0.2) is 0 Å². The summed E-state index contributed by atoms with van der Waals surface area (Å²) in [6.07, 6.45) is 0. The molecular formula is C15H32N2O4. The number of hydrogen-bond donors (Lipinski definition) is 0. The quantitative estimate of drug-likeness (QED) is 0.695. The van der Waals surface area contributed by atoms with Crippen molar-refractivity contribution in [3.63, 3.8) is 0 Å². The van der Waals surface area contributed by atoms with Gasteiger partial charge in [0.1, 0.15) is 0 Å². The summed E-state index contributed by atoms with van der Waals surface area (Å²) in [4.78, 5) is 4.55. The highest BCUT2D eigenvalue weighted by Crippen LogP contribution is 1.91. The van der Waals surface area contributed by atoms with Crippen LogP contribution in [0.3, 0.4) is 0 Å². The molecule has 1 aliphatic heterocycles. The normalized spacial score (nSPS) is 24.3. The Kier molecular flexibility index (Phi) is 12.0. The largest absolute Gasteiger partial charge is 0.378 e. The molecule has 21 heavy (non-hydrogen) atoms. The lowest BCUT2D eigenvalue weighted by molar-refractivity contribution is 0.0114. The van der Waals surface area contributed by atoms with Gasteiger partial charge in [-0.15, -0.1) is 0 Å². The Hall–Kier alpha value is -0.240. The minimum Gasteiger partial charge on any atom is -0.378 e. The van der Waals surface area contributed by atoms with Crippen molar-refractivity contribution >= 4 is 0 Å². The van der Waals surface area contributed by atoms with Gasteiger partial charge in [-0.05, 0) is 13.6 Å². The molecule has 0 saturated carbocycles. The smallest absolute Gasteiger partial charge is 0.0701 e. The number of likely N-dealkylation sites (N-methyl/N-ethyl adjacent to an activating group) is 2. The monoisotopic (exact) mass is 304 g/mol. The molecule has 1 aliphatic rings. The van der Waals surface area contributed by atoms with Gasteiger partial charge in [-0.1, -0.05) is 6.92 Å². The van der Waals surface area contributed by atoms with E-state index in [2.05, 4.69) is 23.8 Å². The second-order valence-corrected chi connectivity index (χ2v) is 5.19. The fourth-order valence-corrected chi connectivity index (χ4v) is 2.01. The van der Waals surface area contributed by atoms with Gasteiger partial charge in [0.15, 0.2) is 0 Å². The predicted molar refractivity (Wildman–Crippen MR) is 82.9 cm³/mol. The van der Waals surface area contributed by atoms with E-state index in [1.54, 1.807) is 0 Å². The summed E-state index contributed by atoms with van der Waals surface area (Å²) < 4.78 is 22.3. The average molecular weight is 304 g/mol. The number of ether oxygens (including phenoxy) is 4. The fraction of sp³-hybridized carbons (Fsp3) is 1.00. The van der Waals surface area contributed by atoms with Crippen LogP contribution in [0.1, 0.15) is 6.92 Å². The maximum atomic E-state index is 5.60. The molecule has 6 nitrogen and oxygen atoms in total. The Morgan fingerprint density at radius 3 is 1.38 bits per heavy atom. The zero-order chi connectivity index (χ0) is 15.2. The van der Waals surface area contributed by atoms with Gasteiger partial charge in [0.2, 0.25) is 0 Å². The first-order chi connectivity index (χ1) is 10.3. The summed E-state index contributed by atoms with van der Waals surface area (Å²) in [5.41, 5.74) is 0. The predicted octanol–water partition coefficient (Wildman–Crippen LogP) is 0.320. The molecule has 0 radical (unpaired) electrons. The van der Waals surface area contributed by atoms with E-state index in [1.165, 1.54) is 0 Å². The molecule has 0 aromatic rings. The van der Waals surface area contributed by atoms with Crippen LogP contribution in [-0.4, -0.2) is 102 Å². The molecule has 1 fully saturated rings. The second-order valence-electron chi connectivity index (χ2n) is 5.19.